The molecule has 3 aliphatic heterocycles. The Balaban J connectivity index is 0.907. The number of carbonyl (C=O) groups excluding carboxylic acids is 5. The molecule has 16 heteroatoms. The van der Waals surface area contributed by atoms with Crippen LogP contribution in [0.3, 0.4) is 0 Å². The molecule has 274 valence electrons. The molecule has 0 bridgehead atoms. The van der Waals surface area contributed by atoms with E-state index >= 15 is 0 Å². The van der Waals surface area contributed by atoms with Crippen molar-refractivity contribution in [2.24, 2.45) is 11.7 Å². The molecule has 4 aromatic rings. The lowest BCUT2D eigenvalue weighted by Crippen LogP contribution is -2.53. The summed E-state index contributed by atoms with van der Waals surface area (Å²) in [7, 11) is 1.52. The van der Waals surface area contributed by atoms with Crippen molar-refractivity contribution in [3.8, 4) is 10.8 Å². The number of aldehydes is 1. The minimum Gasteiger partial charge on any atom is -0.371 e. The van der Waals surface area contributed by atoms with Gasteiger partial charge in [0.05, 0.1) is 5.56 Å². The Kier molecular flexibility index (Phi) is 10.5. The van der Waals surface area contributed by atoms with Crippen molar-refractivity contribution >= 4 is 58.4 Å². The molecule has 0 spiro atoms. The molecule has 2 aromatic heterocycles. The van der Waals surface area contributed by atoms with E-state index in [1.807, 2.05) is 23.6 Å². The van der Waals surface area contributed by atoms with Gasteiger partial charge in [-0.15, -0.1) is 21.5 Å². The summed E-state index contributed by atoms with van der Waals surface area (Å²) in [6, 6.07) is 12.7. The van der Waals surface area contributed by atoms with Gasteiger partial charge in [0, 0.05) is 61.6 Å². The number of likely N-dealkylation sites (tertiary alicyclic amines) is 1. The lowest BCUT2D eigenvalue weighted by Gasteiger charge is -2.34. The summed E-state index contributed by atoms with van der Waals surface area (Å²) in [6.45, 7) is 4.73. The van der Waals surface area contributed by atoms with E-state index in [4.69, 9.17) is 5.73 Å². The molecule has 3 aliphatic rings. The predicted molar refractivity (Wildman–Crippen MR) is 198 cm³/mol. The Labute approximate surface area is 310 Å². The van der Waals surface area contributed by atoms with E-state index in [2.05, 4.69) is 52.7 Å². The molecule has 5 heterocycles. The van der Waals surface area contributed by atoms with Gasteiger partial charge >= 0.3 is 0 Å². The van der Waals surface area contributed by atoms with Crippen molar-refractivity contribution in [1.82, 2.24) is 35.3 Å². The first-order chi connectivity index (χ1) is 25.7. The number of amides is 4. The molecule has 0 aliphatic carbocycles. The highest BCUT2D eigenvalue weighted by Gasteiger charge is 2.34. The normalized spacial score (nSPS) is 19.5. The smallest absolute Gasteiger partial charge is 0.273 e. The van der Waals surface area contributed by atoms with E-state index in [0.29, 0.717) is 29.0 Å². The fourth-order valence-corrected chi connectivity index (χ4v) is 8.00. The van der Waals surface area contributed by atoms with E-state index in [9.17, 15) is 24.0 Å². The number of imide groups is 1. The number of hydrogen-bond donors (Lipinski definition) is 3. The minimum atomic E-state index is -0.760. The molecule has 0 saturated carbocycles. The molecular weight excluding hydrogens is 697 g/mol. The summed E-state index contributed by atoms with van der Waals surface area (Å²) < 4.78 is 0. The first kappa shape index (κ1) is 35.8. The SMILES string of the molecule is CN(C(=O)c1ccc(N2CCC(CN3CCC(c4ccc(Nc5nc(-c6nccs6)nnc5C(N)=O)cc4)CC3)C2)cc1C=O)C1CCC(=O)NC1=O. The maximum absolute atomic E-state index is 13.3. The van der Waals surface area contributed by atoms with Crippen molar-refractivity contribution in [3.05, 3.63) is 76.4 Å². The van der Waals surface area contributed by atoms with Crippen LogP contribution in [0.2, 0.25) is 0 Å². The van der Waals surface area contributed by atoms with Gasteiger partial charge in [-0.1, -0.05) is 12.1 Å². The van der Waals surface area contributed by atoms with E-state index in [-0.39, 0.29) is 41.4 Å². The highest BCUT2D eigenvalue weighted by atomic mass is 32.1. The lowest BCUT2D eigenvalue weighted by molar-refractivity contribution is -0.136. The highest BCUT2D eigenvalue weighted by molar-refractivity contribution is 7.13. The van der Waals surface area contributed by atoms with Gasteiger partial charge in [-0.3, -0.25) is 29.3 Å². The van der Waals surface area contributed by atoms with Crippen LogP contribution in [0.5, 0.6) is 0 Å². The standard InChI is InChI=1S/C37H40N10O5S/c1-45(29-8-9-30(49)41-35(29)51)37(52)28-7-6-27(18-25(28)21-48)47-16-10-22(20-47)19-46-14-11-24(12-15-46)23-2-4-26(5-3-23)40-33-31(32(38)50)43-44-34(42-33)36-39-13-17-53-36/h2-7,13,17-18,21-22,24,29H,8-12,14-16,19-20H2,1H3,(H2,38,50)(H,40,42,44)(H,41,49,51). The minimum absolute atomic E-state index is 0.0423. The monoisotopic (exact) mass is 736 g/mol. The second-order valence-electron chi connectivity index (χ2n) is 13.7. The van der Waals surface area contributed by atoms with Crippen LogP contribution in [0.1, 0.15) is 74.8 Å². The molecule has 15 nitrogen and oxygen atoms in total. The van der Waals surface area contributed by atoms with Crippen LogP contribution >= 0.6 is 11.3 Å². The molecule has 7 rings (SSSR count). The number of hydrogen-bond acceptors (Lipinski definition) is 13. The average molecular weight is 737 g/mol. The molecule has 2 atom stereocenters. The van der Waals surface area contributed by atoms with Crippen molar-refractivity contribution in [2.45, 2.75) is 44.1 Å². The second kappa shape index (κ2) is 15.6. The van der Waals surface area contributed by atoms with Crippen LogP contribution in [0, 0.1) is 5.92 Å². The topological polar surface area (TPSA) is 197 Å². The summed E-state index contributed by atoms with van der Waals surface area (Å²) in [5, 5.41) is 15.9. The molecule has 53 heavy (non-hydrogen) atoms. The fraction of sp³-hybridized carbons (Fsp3) is 0.378. The van der Waals surface area contributed by atoms with Gasteiger partial charge in [-0.2, -0.15) is 0 Å². The van der Waals surface area contributed by atoms with Crippen LogP contribution in [0.25, 0.3) is 10.8 Å². The first-order valence-corrected chi connectivity index (χ1v) is 18.5. The number of aromatic nitrogens is 4. The molecular formula is C37H40N10O5S. The van der Waals surface area contributed by atoms with E-state index in [0.717, 1.165) is 63.4 Å². The second-order valence-corrected chi connectivity index (χ2v) is 14.6. The van der Waals surface area contributed by atoms with Gasteiger partial charge in [0.2, 0.25) is 17.6 Å². The van der Waals surface area contributed by atoms with E-state index in [1.54, 1.807) is 18.3 Å². The Hall–Kier alpha value is -5.61. The van der Waals surface area contributed by atoms with Crippen LogP contribution in [0.15, 0.2) is 54.0 Å². The summed E-state index contributed by atoms with van der Waals surface area (Å²) >= 11 is 1.38. The first-order valence-electron chi connectivity index (χ1n) is 17.7. The van der Waals surface area contributed by atoms with Crippen LogP contribution in [-0.2, 0) is 9.59 Å². The number of benzene rings is 2. The lowest BCUT2D eigenvalue weighted by atomic mass is 9.89. The highest BCUT2D eigenvalue weighted by Crippen LogP contribution is 2.32. The third-order valence-corrected chi connectivity index (χ3v) is 11.1. The molecule has 2 aromatic carbocycles. The fourth-order valence-electron chi connectivity index (χ4n) is 7.43. The number of nitrogens with two attached hydrogens (primary N) is 1. The van der Waals surface area contributed by atoms with Crippen LogP contribution in [0.4, 0.5) is 17.2 Å². The maximum atomic E-state index is 13.3. The number of thiazole rings is 1. The average Bonchev–Trinajstić information content (AvgIpc) is 3.88. The number of nitrogens with one attached hydrogen (secondary N) is 2. The zero-order valence-corrected chi connectivity index (χ0v) is 30.1. The van der Waals surface area contributed by atoms with Crippen LogP contribution < -0.4 is 21.3 Å². The molecule has 3 saturated heterocycles. The van der Waals surface area contributed by atoms with Gasteiger partial charge in [0.25, 0.3) is 11.8 Å². The number of anilines is 3. The number of nitrogens with zero attached hydrogens (tertiary/aromatic N) is 7. The number of likely N-dealkylation sites (N-methyl/N-ethyl adjacent to an activating group) is 1. The van der Waals surface area contributed by atoms with Crippen molar-refractivity contribution in [2.75, 3.05) is 50.0 Å². The maximum Gasteiger partial charge on any atom is 0.273 e. The Morgan fingerprint density at radius 3 is 2.55 bits per heavy atom. The van der Waals surface area contributed by atoms with Gasteiger partial charge in [0.15, 0.2) is 22.8 Å². The van der Waals surface area contributed by atoms with E-state index in [1.165, 1.54) is 28.8 Å². The van der Waals surface area contributed by atoms with Crippen molar-refractivity contribution < 1.29 is 24.0 Å². The van der Waals surface area contributed by atoms with Gasteiger partial charge < -0.3 is 25.8 Å². The molecule has 3 fully saturated rings. The number of carbonyl (C=O) groups is 5. The molecule has 2 unspecified atom stereocenters. The predicted octanol–water partition coefficient (Wildman–Crippen LogP) is 3.23. The van der Waals surface area contributed by atoms with Gasteiger partial charge in [-0.25, -0.2) is 9.97 Å². The number of piperidine rings is 2. The third kappa shape index (κ3) is 7.93. The molecule has 0 radical (unpaired) electrons. The zero-order valence-electron chi connectivity index (χ0n) is 29.2. The Morgan fingerprint density at radius 1 is 1.06 bits per heavy atom. The number of primary amides is 1. The van der Waals surface area contributed by atoms with E-state index < -0.39 is 23.8 Å². The Bertz CT molecular complexity index is 2020. The molecule has 4 N–H and O–H groups in total. The quantitative estimate of drug-likeness (QED) is 0.150. The van der Waals surface area contributed by atoms with Crippen molar-refractivity contribution in [1.29, 1.82) is 0 Å². The number of rotatable bonds is 11. The summed E-state index contributed by atoms with van der Waals surface area (Å²) in [6.07, 6.45) is 5.89. The summed E-state index contributed by atoms with van der Waals surface area (Å²) in [5.41, 5.74) is 8.92. The zero-order chi connectivity index (χ0) is 37.1. The van der Waals surface area contributed by atoms with Crippen molar-refractivity contribution in [3.63, 3.8) is 0 Å². The van der Waals surface area contributed by atoms with Gasteiger partial charge in [-0.05, 0) is 86.5 Å². The summed E-state index contributed by atoms with van der Waals surface area (Å²) in [4.78, 5) is 76.0. The summed E-state index contributed by atoms with van der Waals surface area (Å²) in [5.74, 6) is -0.533. The third-order valence-electron chi connectivity index (χ3n) is 10.3. The Morgan fingerprint density at radius 2 is 1.85 bits per heavy atom. The van der Waals surface area contributed by atoms with Crippen LogP contribution in [-0.4, -0.2) is 106 Å². The molecule has 4 amide bonds. The largest absolute Gasteiger partial charge is 0.371 e. The van der Waals surface area contributed by atoms with Gasteiger partial charge in [0.1, 0.15) is 6.04 Å².